The molecule has 0 saturated heterocycles. The molecule has 2 heterocycles. The van der Waals surface area contributed by atoms with Crippen LogP contribution in [0.4, 0.5) is 16.5 Å². The minimum atomic E-state index is -0.346. The second kappa shape index (κ2) is 7.59. The van der Waals surface area contributed by atoms with Gasteiger partial charge in [-0.3, -0.25) is 9.59 Å². The summed E-state index contributed by atoms with van der Waals surface area (Å²) in [6.45, 7) is 8.85. The van der Waals surface area contributed by atoms with Gasteiger partial charge < -0.3 is 10.6 Å². The Hall–Kier alpha value is -3.50. The van der Waals surface area contributed by atoms with Gasteiger partial charge in [0.15, 0.2) is 5.69 Å². The molecule has 1 aromatic carbocycles. The Bertz CT molecular complexity index is 986. The van der Waals surface area contributed by atoms with Crippen LogP contribution in [0.25, 0.3) is 4.85 Å². The van der Waals surface area contributed by atoms with Gasteiger partial charge in [0.1, 0.15) is 10.8 Å². The number of pyridine rings is 1. The summed E-state index contributed by atoms with van der Waals surface area (Å²) in [5.74, 6) is -0.244. The lowest BCUT2D eigenvalue weighted by molar-refractivity contribution is 0.102. The Morgan fingerprint density at radius 3 is 2.46 bits per heavy atom. The molecule has 2 amide bonds. The molecule has 0 unspecified atom stereocenters. The topological polar surface area (TPSA) is 75.5 Å². The quantitative estimate of drug-likeness (QED) is 0.671. The monoisotopic (exact) mass is 362 g/mol. The molecule has 0 radical (unpaired) electrons. The standard InChI is InChI=1S/C19H14N4O2S/c1-12-3-8-16(21-11-12)22-18(25)15-9-10-26-19(15)23-17(24)13-4-6-14(20-2)7-5-13/h3-11H,1H3,(H,23,24)(H,21,22,25). The Balaban J connectivity index is 1.73. The predicted octanol–water partition coefficient (Wildman–Crippen LogP) is 4.51. The zero-order valence-electron chi connectivity index (χ0n) is 13.8. The molecule has 0 aliphatic rings. The summed E-state index contributed by atoms with van der Waals surface area (Å²) in [6, 6.07) is 11.5. The largest absolute Gasteiger partial charge is 0.313 e. The van der Waals surface area contributed by atoms with Gasteiger partial charge in [0.05, 0.1) is 12.1 Å². The van der Waals surface area contributed by atoms with E-state index in [2.05, 4.69) is 20.5 Å². The van der Waals surface area contributed by atoms with Crippen molar-refractivity contribution in [3.8, 4) is 0 Å². The van der Waals surface area contributed by atoms with Crippen molar-refractivity contribution in [2.24, 2.45) is 0 Å². The highest BCUT2D eigenvalue weighted by atomic mass is 32.1. The number of aromatic nitrogens is 1. The number of carbonyl (C=O) groups excluding carboxylic acids is 2. The Morgan fingerprint density at radius 2 is 1.81 bits per heavy atom. The number of carbonyl (C=O) groups is 2. The van der Waals surface area contributed by atoms with Crippen LogP contribution < -0.4 is 10.6 Å². The van der Waals surface area contributed by atoms with E-state index in [0.29, 0.717) is 27.6 Å². The third-order valence-electron chi connectivity index (χ3n) is 3.55. The number of anilines is 2. The van der Waals surface area contributed by atoms with E-state index < -0.39 is 0 Å². The number of amides is 2. The molecule has 0 aliphatic heterocycles. The molecular weight excluding hydrogens is 348 g/mol. The molecule has 0 bridgehead atoms. The van der Waals surface area contributed by atoms with E-state index in [9.17, 15) is 9.59 Å². The van der Waals surface area contributed by atoms with E-state index in [1.165, 1.54) is 11.3 Å². The third-order valence-corrected chi connectivity index (χ3v) is 4.38. The summed E-state index contributed by atoms with van der Waals surface area (Å²) in [6.07, 6.45) is 1.67. The van der Waals surface area contributed by atoms with Crippen LogP contribution in [0.5, 0.6) is 0 Å². The smallest absolute Gasteiger partial charge is 0.259 e. The van der Waals surface area contributed by atoms with Crippen molar-refractivity contribution >= 4 is 39.7 Å². The van der Waals surface area contributed by atoms with Crippen molar-refractivity contribution in [3.63, 3.8) is 0 Å². The number of aryl methyl sites for hydroxylation is 1. The van der Waals surface area contributed by atoms with E-state index in [1.807, 2.05) is 13.0 Å². The fourth-order valence-corrected chi connectivity index (χ4v) is 2.95. The zero-order valence-corrected chi connectivity index (χ0v) is 14.6. The lowest BCUT2D eigenvalue weighted by atomic mass is 10.2. The van der Waals surface area contributed by atoms with E-state index in [-0.39, 0.29) is 11.8 Å². The van der Waals surface area contributed by atoms with E-state index >= 15 is 0 Å². The van der Waals surface area contributed by atoms with Crippen LogP contribution >= 0.6 is 11.3 Å². The SMILES string of the molecule is [C-]#[N+]c1ccc(C(=O)Nc2sccc2C(=O)Nc2ccc(C)cn2)cc1. The van der Waals surface area contributed by atoms with Gasteiger partial charge in [-0.1, -0.05) is 30.3 Å². The Morgan fingerprint density at radius 1 is 1.04 bits per heavy atom. The molecule has 0 fully saturated rings. The molecule has 2 aromatic heterocycles. The Kier molecular flexibility index (Phi) is 5.06. The van der Waals surface area contributed by atoms with Crippen LogP contribution in [0.2, 0.25) is 0 Å². The fraction of sp³-hybridized carbons (Fsp3) is 0.0526. The number of nitrogens with zero attached hydrogens (tertiary/aromatic N) is 2. The molecule has 6 nitrogen and oxygen atoms in total. The van der Waals surface area contributed by atoms with Gasteiger partial charge in [-0.25, -0.2) is 9.83 Å². The number of rotatable bonds is 4. The summed E-state index contributed by atoms with van der Waals surface area (Å²) in [5.41, 5.74) is 2.24. The first-order valence-electron chi connectivity index (χ1n) is 7.67. The molecule has 2 N–H and O–H groups in total. The average molecular weight is 362 g/mol. The molecule has 3 aromatic rings. The van der Waals surface area contributed by atoms with Crippen molar-refractivity contribution in [2.45, 2.75) is 6.92 Å². The highest BCUT2D eigenvalue weighted by Crippen LogP contribution is 2.25. The molecule has 0 atom stereocenters. The first kappa shape index (κ1) is 17.3. The minimum Gasteiger partial charge on any atom is -0.313 e. The van der Waals surface area contributed by atoms with Crippen LogP contribution in [0.1, 0.15) is 26.3 Å². The third kappa shape index (κ3) is 3.94. The number of benzene rings is 1. The predicted molar refractivity (Wildman–Crippen MR) is 102 cm³/mol. The molecule has 7 heteroatoms. The van der Waals surface area contributed by atoms with Crippen LogP contribution in [0.3, 0.4) is 0 Å². The van der Waals surface area contributed by atoms with E-state index in [4.69, 9.17) is 6.57 Å². The second-order valence-corrected chi connectivity index (χ2v) is 6.37. The molecule has 26 heavy (non-hydrogen) atoms. The van der Waals surface area contributed by atoms with Crippen LogP contribution in [0.15, 0.2) is 54.0 Å². The van der Waals surface area contributed by atoms with E-state index in [1.54, 1.807) is 48.0 Å². The van der Waals surface area contributed by atoms with Gasteiger partial charge >= 0.3 is 0 Å². The van der Waals surface area contributed by atoms with Crippen molar-refractivity contribution < 1.29 is 9.59 Å². The number of hydrogen-bond acceptors (Lipinski definition) is 4. The maximum absolute atomic E-state index is 12.5. The lowest BCUT2D eigenvalue weighted by Crippen LogP contribution is -2.17. The van der Waals surface area contributed by atoms with Gasteiger partial charge in [-0.15, -0.1) is 11.3 Å². The highest BCUT2D eigenvalue weighted by Gasteiger charge is 2.16. The van der Waals surface area contributed by atoms with Crippen molar-refractivity contribution in [1.82, 2.24) is 4.98 Å². The van der Waals surface area contributed by atoms with Crippen LogP contribution in [-0.4, -0.2) is 16.8 Å². The minimum absolute atomic E-state index is 0.341. The number of thiophene rings is 1. The summed E-state index contributed by atoms with van der Waals surface area (Å²) >= 11 is 1.26. The first-order valence-corrected chi connectivity index (χ1v) is 8.55. The molecular formula is C19H14N4O2S. The number of hydrogen-bond donors (Lipinski definition) is 2. The Labute approximate surface area is 154 Å². The van der Waals surface area contributed by atoms with Gasteiger partial charge in [0.25, 0.3) is 11.8 Å². The van der Waals surface area contributed by atoms with Gasteiger partial charge in [-0.2, -0.15) is 0 Å². The number of nitrogens with one attached hydrogen (secondary N) is 2. The lowest BCUT2D eigenvalue weighted by Gasteiger charge is -2.07. The summed E-state index contributed by atoms with van der Waals surface area (Å²) < 4.78 is 0. The normalized spacial score (nSPS) is 10.0. The van der Waals surface area contributed by atoms with Crippen LogP contribution in [-0.2, 0) is 0 Å². The molecule has 128 valence electrons. The second-order valence-electron chi connectivity index (χ2n) is 5.45. The van der Waals surface area contributed by atoms with Crippen molar-refractivity contribution in [1.29, 1.82) is 0 Å². The summed E-state index contributed by atoms with van der Waals surface area (Å²) in [5, 5.41) is 7.64. The van der Waals surface area contributed by atoms with Crippen molar-refractivity contribution in [2.75, 3.05) is 10.6 Å². The molecule has 0 saturated carbocycles. The summed E-state index contributed by atoms with van der Waals surface area (Å²) in [7, 11) is 0. The molecule has 0 aliphatic carbocycles. The average Bonchev–Trinajstić information content (AvgIpc) is 3.12. The zero-order chi connectivity index (χ0) is 18.5. The molecule has 3 rings (SSSR count). The maximum atomic E-state index is 12.5. The highest BCUT2D eigenvalue weighted by molar-refractivity contribution is 7.14. The summed E-state index contributed by atoms with van der Waals surface area (Å²) in [4.78, 5) is 32.2. The maximum Gasteiger partial charge on any atom is 0.259 e. The van der Waals surface area contributed by atoms with E-state index in [0.717, 1.165) is 5.56 Å². The van der Waals surface area contributed by atoms with Crippen LogP contribution in [0, 0.1) is 13.5 Å². The first-order chi connectivity index (χ1) is 12.6. The van der Waals surface area contributed by atoms with Gasteiger partial charge in [-0.05, 0) is 30.0 Å². The van der Waals surface area contributed by atoms with Crippen molar-refractivity contribution in [3.05, 3.63) is 82.1 Å². The fourth-order valence-electron chi connectivity index (χ4n) is 2.17. The van der Waals surface area contributed by atoms with Gasteiger partial charge in [0.2, 0.25) is 0 Å². The van der Waals surface area contributed by atoms with Gasteiger partial charge in [0, 0.05) is 11.8 Å². The molecule has 0 spiro atoms.